The van der Waals surface area contributed by atoms with E-state index in [0.29, 0.717) is 6.54 Å². The highest BCUT2D eigenvalue weighted by Gasteiger charge is 2.06. The van der Waals surface area contributed by atoms with Gasteiger partial charge in [0.2, 0.25) is 0 Å². The second-order valence-electron chi connectivity index (χ2n) is 2.33. The molecule has 0 spiro atoms. The average molecular weight is 181 g/mol. The van der Waals surface area contributed by atoms with Crippen LogP contribution in [0.5, 0.6) is 0 Å². The van der Waals surface area contributed by atoms with Crippen LogP contribution in [0, 0.1) is 0 Å². The van der Waals surface area contributed by atoms with Gasteiger partial charge in [0.1, 0.15) is 0 Å². The molecule has 0 aliphatic heterocycles. The van der Waals surface area contributed by atoms with E-state index in [2.05, 4.69) is 9.44 Å². The molecule has 6 heteroatoms. The molecule has 11 heavy (non-hydrogen) atoms. The second kappa shape index (κ2) is 4.66. The van der Waals surface area contributed by atoms with Crippen LogP contribution >= 0.6 is 0 Å². The zero-order valence-corrected chi connectivity index (χ0v) is 7.61. The minimum atomic E-state index is -3.31. The Balaban J connectivity index is 3.74. The molecule has 0 amide bonds. The molecule has 0 aromatic heterocycles. The van der Waals surface area contributed by atoms with E-state index in [4.69, 9.17) is 5.73 Å². The van der Waals surface area contributed by atoms with Gasteiger partial charge in [-0.2, -0.15) is 8.42 Å². The maximum absolute atomic E-state index is 10.9. The van der Waals surface area contributed by atoms with Crippen LogP contribution in [0.4, 0.5) is 0 Å². The standard InChI is InChI=1S/C5H15N3O2S/c1-3-7-11(9,10)8-4-5(2)6/h5,7-8H,3-4,6H2,1-2H3. The lowest BCUT2D eigenvalue weighted by Crippen LogP contribution is -2.41. The minimum absolute atomic E-state index is 0.163. The summed E-state index contributed by atoms with van der Waals surface area (Å²) < 4.78 is 26.3. The van der Waals surface area contributed by atoms with Crippen LogP contribution in [0.1, 0.15) is 13.8 Å². The predicted molar refractivity (Wildman–Crippen MR) is 44.2 cm³/mol. The van der Waals surface area contributed by atoms with Crippen LogP contribution in [-0.2, 0) is 10.2 Å². The SMILES string of the molecule is CCNS(=O)(=O)NCC(C)N. The average Bonchev–Trinajstić information content (AvgIpc) is 1.84. The molecule has 4 N–H and O–H groups in total. The normalized spacial score (nSPS) is 14.8. The summed E-state index contributed by atoms with van der Waals surface area (Å²) in [5, 5.41) is 0. The number of nitrogens with one attached hydrogen (secondary N) is 2. The fourth-order valence-electron chi connectivity index (χ4n) is 0.482. The van der Waals surface area contributed by atoms with Crippen LogP contribution < -0.4 is 15.2 Å². The first-order chi connectivity index (χ1) is 4.98. The lowest BCUT2D eigenvalue weighted by molar-refractivity contribution is 0.561. The maximum atomic E-state index is 10.9. The quantitative estimate of drug-likeness (QED) is 0.497. The smallest absolute Gasteiger partial charge is 0.276 e. The first kappa shape index (κ1) is 10.8. The largest absolute Gasteiger partial charge is 0.327 e. The summed E-state index contributed by atoms with van der Waals surface area (Å²) in [5.74, 6) is 0. The molecule has 0 saturated heterocycles. The molecular formula is C5H15N3O2S. The van der Waals surface area contributed by atoms with Crippen molar-refractivity contribution in [2.45, 2.75) is 19.9 Å². The van der Waals surface area contributed by atoms with Gasteiger partial charge in [0.15, 0.2) is 0 Å². The predicted octanol–water partition coefficient (Wildman–Crippen LogP) is -1.22. The molecule has 0 radical (unpaired) electrons. The van der Waals surface area contributed by atoms with Crippen LogP contribution in [0.15, 0.2) is 0 Å². The highest BCUT2D eigenvalue weighted by molar-refractivity contribution is 7.87. The second-order valence-corrected chi connectivity index (χ2v) is 3.91. The first-order valence-electron chi connectivity index (χ1n) is 3.47. The first-order valence-corrected chi connectivity index (χ1v) is 4.96. The molecule has 0 aliphatic carbocycles. The van der Waals surface area contributed by atoms with Crippen molar-refractivity contribution in [2.75, 3.05) is 13.1 Å². The highest BCUT2D eigenvalue weighted by atomic mass is 32.2. The molecule has 0 fully saturated rings. The lowest BCUT2D eigenvalue weighted by atomic mass is 10.4. The summed E-state index contributed by atoms with van der Waals surface area (Å²) in [6.07, 6.45) is 0. The van der Waals surface area contributed by atoms with E-state index in [9.17, 15) is 8.42 Å². The summed E-state index contributed by atoms with van der Waals surface area (Å²) in [6.45, 7) is 4.09. The Bertz CT molecular complexity index is 188. The number of nitrogens with two attached hydrogens (primary N) is 1. The van der Waals surface area contributed by atoms with Crippen molar-refractivity contribution >= 4 is 10.2 Å². The van der Waals surface area contributed by atoms with Crippen molar-refractivity contribution in [3.63, 3.8) is 0 Å². The van der Waals surface area contributed by atoms with Gasteiger partial charge in [-0.1, -0.05) is 6.92 Å². The number of hydrogen-bond acceptors (Lipinski definition) is 3. The Hall–Kier alpha value is -0.170. The molecular weight excluding hydrogens is 166 g/mol. The van der Waals surface area contributed by atoms with Crippen molar-refractivity contribution in [1.29, 1.82) is 0 Å². The van der Waals surface area contributed by atoms with Gasteiger partial charge in [0.25, 0.3) is 10.2 Å². The third kappa shape index (κ3) is 6.24. The van der Waals surface area contributed by atoms with Crippen molar-refractivity contribution < 1.29 is 8.42 Å². The molecule has 1 unspecified atom stereocenters. The zero-order chi connectivity index (χ0) is 8.91. The van der Waals surface area contributed by atoms with Gasteiger partial charge in [-0.15, -0.1) is 0 Å². The van der Waals surface area contributed by atoms with Crippen LogP contribution in [0.2, 0.25) is 0 Å². The summed E-state index contributed by atoms with van der Waals surface area (Å²) in [5.41, 5.74) is 5.34. The Kier molecular flexibility index (Phi) is 4.58. The summed E-state index contributed by atoms with van der Waals surface area (Å²) in [4.78, 5) is 0. The van der Waals surface area contributed by atoms with E-state index in [1.165, 1.54) is 0 Å². The fraction of sp³-hybridized carbons (Fsp3) is 1.00. The summed E-state index contributed by atoms with van der Waals surface area (Å²) in [7, 11) is -3.31. The topological polar surface area (TPSA) is 84.2 Å². The molecule has 1 atom stereocenters. The molecule has 0 heterocycles. The Labute approximate surface area is 67.5 Å². The van der Waals surface area contributed by atoms with E-state index in [-0.39, 0.29) is 12.6 Å². The zero-order valence-electron chi connectivity index (χ0n) is 6.79. The molecule has 0 aromatic rings. The van der Waals surface area contributed by atoms with Crippen molar-refractivity contribution in [3.05, 3.63) is 0 Å². The van der Waals surface area contributed by atoms with Gasteiger partial charge in [0, 0.05) is 19.1 Å². The van der Waals surface area contributed by atoms with Crippen molar-refractivity contribution in [2.24, 2.45) is 5.73 Å². The summed E-state index contributed by atoms with van der Waals surface area (Å²) >= 11 is 0. The fourth-order valence-corrected chi connectivity index (χ4v) is 1.45. The molecule has 0 bridgehead atoms. The van der Waals surface area contributed by atoms with Crippen molar-refractivity contribution in [1.82, 2.24) is 9.44 Å². The van der Waals surface area contributed by atoms with E-state index < -0.39 is 10.2 Å². The third-order valence-electron chi connectivity index (χ3n) is 0.930. The monoisotopic (exact) mass is 181 g/mol. The van der Waals surface area contributed by atoms with Crippen LogP contribution in [0.3, 0.4) is 0 Å². The Morgan fingerprint density at radius 2 is 2.00 bits per heavy atom. The van der Waals surface area contributed by atoms with Crippen molar-refractivity contribution in [3.8, 4) is 0 Å². The molecule has 0 rings (SSSR count). The van der Waals surface area contributed by atoms with E-state index in [1.807, 2.05) is 0 Å². The van der Waals surface area contributed by atoms with Gasteiger partial charge in [0.05, 0.1) is 0 Å². The maximum Gasteiger partial charge on any atom is 0.276 e. The molecule has 68 valence electrons. The van der Waals surface area contributed by atoms with Crippen LogP contribution in [-0.4, -0.2) is 27.5 Å². The Morgan fingerprint density at radius 1 is 1.45 bits per heavy atom. The number of rotatable bonds is 5. The van der Waals surface area contributed by atoms with Crippen LogP contribution in [0.25, 0.3) is 0 Å². The van der Waals surface area contributed by atoms with E-state index in [0.717, 1.165) is 0 Å². The number of hydrogen-bond donors (Lipinski definition) is 3. The molecule has 5 nitrogen and oxygen atoms in total. The van der Waals surface area contributed by atoms with Gasteiger partial charge in [-0.3, -0.25) is 0 Å². The summed E-state index contributed by atoms with van der Waals surface area (Å²) in [6, 6.07) is -0.163. The molecule has 0 aromatic carbocycles. The molecule has 0 saturated carbocycles. The highest BCUT2D eigenvalue weighted by Crippen LogP contribution is 1.77. The third-order valence-corrected chi connectivity index (χ3v) is 2.15. The van der Waals surface area contributed by atoms with Gasteiger partial charge in [-0.05, 0) is 6.92 Å². The van der Waals surface area contributed by atoms with Gasteiger partial charge < -0.3 is 5.73 Å². The minimum Gasteiger partial charge on any atom is -0.327 e. The lowest BCUT2D eigenvalue weighted by Gasteiger charge is -2.07. The molecule has 0 aliphatic rings. The van der Waals surface area contributed by atoms with Gasteiger partial charge in [-0.25, -0.2) is 9.44 Å². The van der Waals surface area contributed by atoms with Gasteiger partial charge >= 0.3 is 0 Å². The Morgan fingerprint density at radius 3 is 2.36 bits per heavy atom. The van der Waals surface area contributed by atoms with E-state index >= 15 is 0 Å². The van der Waals surface area contributed by atoms with E-state index in [1.54, 1.807) is 13.8 Å².